The van der Waals surface area contributed by atoms with Crippen molar-refractivity contribution in [2.24, 2.45) is 0 Å². The normalized spacial score (nSPS) is 11.7. The molecule has 3 aromatic rings. The van der Waals surface area contributed by atoms with Gasteiger partial charge in [-0.2, -0.15) is 0 Å². The molecular weight excluding hydrogens is 342 g/mol. The third-order valence-electron chi connectivity index (χ3n) is 3.73. The third-order valence-corrected chi connectivity index (χ3v) is 5.21. The molecular formula is C18H17NO5S. The predicted molar refractivity (Wildman–Crippen MR) is 92.9 cm³/mol. The van der Waals surface area contributed by atoms with E-state index in [0.717, 1.165) is 11.0 Å². The fraction of sp³-hybridized carbons (Fsp3) is 0.167. The maximum absolute atomic E-state index is 12.3. The van der Waals surface area contributed by atoms with Crippen LogP contribution >= 0.6 is 0 Å². The molecule has 6 nitrogen and oxygen atoms in total. The average molecular weight is 359 g/mol. The molecule has 2 aromatic carbocycles. The van der Waals surface area contributed by atoms with Crippen LogP contribution in [0.5, 0.6) is 0 Å². The first-order valence-electron chi connectivity index (χ1n) is 7.72. The lowest BCUT2D eigenvalue weighted by molar-refractivity contribution is -0.136. The molecule has 1 heterocycles. The summed E-state index contributed by atoms with van der Waals surface area (Å²) < 4.78 is 32.7. The number of benzene rings is 2. The second-order valence-corrected chi connectivity index (χ2v) is 7.38. The van der Waals surface area contributed by atoms with Gasteiger partial charge in [-0.15, -0.1) is 0 Å². The van der Waals surface area contributed by atoms with Gasteiger partial charge < -0.3 is 9.52 Å². The standard InChI is InChI=1S/C18H17NO5S/c20-18(21)11-13-5-7-16(8-6-13)25(22,23)19-10-9-15-12-14-3-1-2-4-17(14)24-15/h1-8,12,19H,9-11H2,(H,20,21). The van der Waals surface area contributed by atoms with Gasteiger partial charge in [0.2, 0.25) is 10.0 Å². The zero-order valence-corrected chi connectivity index (χ0v) is 14.1. The van der Waals surface area contributed by atoms with Crippen molar-refractivity contribution in [3.05, 3.63) is 65.9 Å². The lowest BCUT2D eigenvalue weighted by Gasteiger charge is -2.06. The van der Waals surface area contributed by atoms with E-state index in [1.807, 2.05) is 30.3 Å². The van der Waals surface area contributed by atoms with Crippen molar-refractivity contribution >= 4 is 27.0 Å². The van der Waals surface area contributed by atoms with Crippen molar-refractivity contribution in [2.45, 2.75) is 17.7 Å². The first-order valence-corrected chi connectivity index (χ1v) is 9.20. The molecule has 0 saturated heterocycles. The summed E-state index contributed by atoms with van der Waals surface area (Å²) in [4.78, 5) is 10.8. The van der Waals surface area contributed by atoms with Crippen molar-refractivity contribution in [3.8, 4) is 0 Å². The van der Waals surface area contributed by atoms with Crippen LogP contribution in [0.15, 0.2) is 63.9 Å². The quantitative estimate of drug-likeness (QED) is 0.676. The summed E-state index contributed by atoms with van der Waals surface area (Å²) in [5.41, 5.74) is 1.32. The number of hydrogen-bond acceptors (Lipinski definition) is 4. The fourth-order valence-electron chi connectivity index (χ4n) is 2.51. The van der Waals surface area contributed by atoms with Crippen LogP contribution in [0, 0.1) is 0 Å². The highest BCUT2D eigenvalue weighted by Crippen LogP contribution is 2.19. The highest BCUT2D eigenvalue weighted by atomic mass is 32.2. The molecule has 0 spiro atoms. The minimum atomic E-state index is -3.64. The number of nitrogens with one attached hydrogen (secondary N) is 1. The zero-order valence-electron chi connectivity index (χ0n) is 13.3. The van der Waals surface area contributed by atoms with Gasteiger partial charge in [0, 0.05) is 18.4 Å². The smallest absolute Gasteiger partial charge is 0.307 e. The highest BCUT2D eigenvalue weighted by Gasteiger charge is 2.14. The summed E-state index contributed by atoms with van der Waals surface area (Å²) in [6.07, 6.45) is 0.296. The monoisotopic (exact) mass is 359 g/mol. The van der Waals surface area contributed by atoms with Crippen LogP contribution in [0.4, 0.5) is 0 Å². The van der Waals surface area contributed by atoms with Gasteiger partial charge in [-0.3, -0.25) is 4.79 Å². The second kappa shape index (κ2) is 7.08. The van der Waals surface area contributed by atoms with E-state index in [2.05, 4.69) is 4.72 Å². The lowest BCUT2D eigenvalue weighted by Crippen LogP contribution is -2.25. The first kappa shape index (κ1) is 17.2. The van der Waals surface area contributed by atoms with Crippen LogP contribution in [0.3, 0.4) is 0 Å². The van der Waals surface area contributed by atoms with Crippen molar-refractivity contribution in [2.75, 3.05) is 6.54 Å². The molecule has 0 radical (unpaired) electrons. The molecule has 2 N–H and O–H groups in total. The van der Waals surface area contributed by atoms with Crippen molar-refractivity contribution in [3.63, 3.8) is 0 Å². The number of aliphatic carboxylic acids is 1. The summed E-state index contributed by atoms with van der Waals surface area (Å²) in [5.74, 6) is -0.250. The molecule has 0 bridgehead atoms. The fourth-order valence-corrected chi connectivity index (χ4v) is 3.54. The van der Waals surface area contributed by atoms with E-state index >= 15 is 0 Å². The van der Waals surface area contributed by atoms with Gasteiger partial charge in [0.1, 0.15) is 11.3 Å². The number of carbonyl (C=O) groups is 1. The Morgan fingerprint density at radius 1 is 1.08 bits per heavy atom. The summed E-state index contributed by atoms with van der Waals surface area (Å²) in [6, 6.07) is 15.3. The largest absolute Gasteiger partial charge is 0.481 e. The summed E-state index contributed by atoms with van der Waals surface area (Å²) >= 11 is 0. The molecule has 0 atom stereocenters. The highest BCUT2D eigenvalue weighted by molar-refractivity contribution is 7.89. The maximum Gasteiger partial charge on any atom is 0.307 e. The van der Waals surface area contributed by atoms with E-state index in [1.165, 1.54) is 24.3 Å². The van der Waals surface area contributed by atoms with E-state index in [0.29, 0.717) is 17.7 Å². The number of carboxylic acids is 1. The second-order valence-electron chi connectivity index (χ2n) is 5.61. The number of sulfonamides is 1. The maximum atomic E-state index is 12.3. The lowest BCUT2D eigenvalue weighted by atomic mass is 10.2. The Hall–Kier alpha value is -2.64. The van der Waals surface area contributed by atoms with E-state index in [-0.39, 0.29) is 17.9 Å². The Morgan fingerprint density at radius 3 is 2.48 bits per heavy atom. The molecule has 0 unspecified atom stereocenters. The number of fused-ring (bicyclic) bond motifs is 1. The van der Waals surface area contributed by atoms with Gasteiger partial charge in [-0.1, -0.05) is 30.3 Å². The minimum absolute atomic E-state index is 0.103. The van der Waals surface area contributed by atoms with Crippen LogP contribution in [-0.4, -0.2) is 26.0 Å². The van der Waals surface area contributed by atoms with Gasteiger partial charge in [-0.05, 0) is 29.8 Å². The molecule has 3 rings (SSSR count). The van der Waals surface area contributed by atoms with Gasteiger partial charge in [0.25, 0.3) is 0 Å². The molecule has 0 amide bonds. The van der Waals surface area contributed by atoms with Crippen molar-refractivity contribution in [1.82, 2.24) is 4.72 Å². The summed E-state index contributed by atoms with van der Waals surface area (Å²) in [7, 11) is -3.64. The molecule has 1 aromatic heterocycles. The van der Waals surface area contributed by atoms with Crippen LogP contribution in [-0.2, 0) is 27.7 Å². The first-order chi connectivity index (χ1) is 11.9. The number of para-hydroxylation sites is 1. The molecule has 0 aliphatic rings. The Balaban J connectivity index is 1.62. The minimum Gasteiger partial charge on any atom is -0.481 e. The molecule has 0 aliphatic carbocycles. The Morgan fingerprint density at radius 2 is 1.80 bits per heavy atom. The van der Waals surface area contributed by atoms with E-state index in [4.69, 9.17) is 9.52 Å². The topological polar surface area (TPSA) is 96.6 Å². The Bertz CT molecular complexity index is 957. The number of furan rings is 1. The zero-order chi connectivity index (χ0) is 17.9. The number of rotatable bonds is 7. The van der Waals surface area contributed by atoms with E-state index in [9.17, 15) is 13.2 Å². The Kier molecular flexibility index (Phi) is 4.87. The molecule has 0 aliphatic heterocycles. The van der Waals surface area contributed by atoms with Crippen LogP contribution < -0.4 is 4.72 Å². The van der Waals surface area contributed by atoms with Crippen molar-refractivity contribution < 1.29 is 22.7 Å². The van der Waals surface area contributed by atoms with E-state index < -0.39 is 16.0 Å². The SMILES string of the molecule is O=C(O)Cc1ccc(S(=O)(=O)NCCc2cc3ccccc3o2)cc1. The predicted octanol–water partition coefficient (Wildman–Crippen LogP) is 2.58. The Labute approximate surface area is 145 Å². The van der Waals surface area contributed by atoms with Gasteiger partial charge in [-0.25, -0.2) is 13.1 Å². The summed E-state index contributed by atoms with van der Waals surface area (Å²) in [6.45, 7) is 0.207. The van der Waals surface area contributed by atoms with Crippen LogP contribution in [0.2, 0.25) is 0 Å². The number of carboxylic acid groups (broad SMARTS) is 1. The van der Waals surface area contributed by atoms with Gasteiger partial charge in [0.05, 0.1) is 11.3 Å². The molecule has 0 fully saturated rings. The number of hydrogen-bond donors (Lipinski definition) is 2. The van der Waals surface area contributed by atoms with Crippen LogP contribution in [0.25, 0.3) is 11.0 Å². The van der Waals surface area contributed by atoms with Gasteiger partial charge >= 0.3 is 5.97 Å². The van der Waals surface area contributed by atoms with Crippen LogP contribution in [0.1, 0.15) is 11.3 Å². The average Bonchev–Trinajstić information content (AvgIpc) is 2.97. The summed E-state index contributed by atoms with van der Waals surface area (Å²) in [5, 5.41) is 9.71. The van der Waals surface area contributed by atoms with Gasteiger partial charge in [0.15, 0.2) is 0 Å². The molecule has 25 heavy (non-hydrogen) atoms. The molecule has 130 valence electrons. The van der Waals surface area contributed by atoms with Crippen molar-refractivity contribution in [1.29, 1.82) is 0 Å². The third kappa shape index (κ3) is 4.26. The molecule has 0 saturated carbocycles. The van der Waals surface area contributed by atoms with E-state index in [1.54, 1.807) is 0 Å². The molecule has 7 heteroatoms.